The van der Waals surface area contributed by atoms with Gasteiger partial charge in [0.25, 0.3) is 5.56 Å². The summed E-state index contributed by atoms with van der Waals surface area (Å²) >= 11 is 0. The molecule has 3 aromatic rings. The van der Waals surface area contributed by atoms with Crippen molar-refractivity contribution in [3.8, 4) is 11.7 Å². The lowest BCUT2D eigenvalue weighted by atomic mass is 10.2. The zero-order valence-corrected chi connectivity index (χ0v) is 9.62. The van der Waals surface area contributed by atoms with Gasteiger partial charge < -0.3 is 4.74 Å². The highest BCUT2D eigenvalue weighted by Gasteiger charge is 2.06. The molecule has 1 N–H and O–H groups in total. The highest BCUT2D eigenvalue weighted by molar-refractivity contribution is 5.79. The minimum atomic E-state index is -0.201. The number of nitrogens with zero attached hydrogens (tertiary/aromatic N) is 3. The molecular weight excluding hydrogens is 232 g/mol. The molecule has 0 spiro atoms. The molecule has 0 aliphatic carbocycles. The monoisotopic (exact) mass is 242 g/mol. The van der Waals surface area contributed by atoms with Crippen LogP contribution in [0.2, 0.25) is 0 Å². The number of methoxy groups -OCH3 is 1. The van der Waals surface area contributed by atoms with Crippen LogP contribution in [0.1, 0.15) is 0 Å². The normalized spacial score (nSPS) is 10.7. The Labute approximate surface area is 102 Å². The van der Waals surface area contributed by atoms with Crippen LogP contribution in [0.25, 0.3) is 16.9 Å². The van der Waals surface area contributed by atoms with E-state index in [9.17, 15) is 4.79 Å². The topological polar surface area (TPSA) is 72.8 Å². The lowest BCUT2D eigenvalue weighted by molar-refractivity contribution is 0.415. The fraction of sp³-hybridized carbons (Fsp3) is 0.0833. The van der Waals surface area contributed by atoms with Crippen molar-refractivity contribution in [2.75, 3.05) is 7.11 Å². The molecule has 6 nitrogen and oxygen atoms in total. The summed E-state index contributed by atoms with van der Waals surface area (Å²) in [6.07, 6.45) is 3.33. The number of fused-ring (bicyclic) bond motifs is 1. The van der Waals surface area contributed by atoms with E-state index in [0.29, 0.717) is 22.6 Å². The maximum atomic E-state index is 11.9. The Morgan fingerprint density at radius 2 is 2.28 bits per heavy atom. The van der Waals surface area contributed by atoms with Gasteiger partial charge in [-0.15, -0.1) is 0 Å². The first kappa shape index (κ1) is 10.5. The van der Waals surface area contributed by atoms with E-state index in [2.05, 4.69) is 15.1 Å². The standard InChI is InChI=1S/C12H10N4O2/c1-18-8-3-4-9-10(7-8)14-12(15-11(9)17)16-6-2-5-13-16/h2-7H,1H3,(H,14,15,17). The average molecular weight is 242 g/mol. The Morgan fingerprint density at radius 3 is 3.00 bits per heavy atom. The summed E-state index contributed by atoms with van der Waals surface area (Å²) in [6, 6.07) is 6.90. The predicted octanol–water partition coefficient (Wildman–Crippen LogP) is 1.12. The van der Waals surface area contributed by atoms with Crippen LogP contribution in [0.15, 0.2) is 41.5 Å². The van der Waals surface area contributed by atoms with E-state index >= 15 is 0 Å². The molecule has 0 fully saturated rings. The van der Waals surface area contributed by atoms with Crippen molar-refractivity contribution in [2.45, 2.75) is 0 Å². The van der Waals surface area contributed by atoms with Crippen LogP contribution in [-0.4, -0.2) is 26.9 Å². The lowest BCUT2D eigenvalue weighted by Crippen LogP contribution is -2.13. The maximum Gasteiger partial charge on any atom is 0.260 e. The van der Waals surface area contributed by atoms with E-state index in [1.807, 2.05) is 0 Å². The summed E-state index contributed by atoms with van der Waals surface area (Å²) in [5.41, 5.74) is 0.372. The number of rotatable bonds is 2. The maximum absolute atomic E-state index is 11.9. The second-order valence-corrected chi connectivity index (χ2v) is 3.72. The fourth-order valence-electron chi connectivity index (χ4n) is 1.74. The van der Waals surface area contributed by atoms with Crippen LogP contribution >= 0.6 is 0 Å². The van der Waals surface area contributed by atoms with Crippen LogP contribution in [-0.2, 0) is 0 Å². The largest absolute Gasteiger partial charge is 0.497 e. The van der Waals surface area contributed by atoms with E-state index < -0.39 is 0 Å². The van der Waals surface area contributed by atoms with Crippen molar-refractivity contribution in [3.05, 3.63) is 47.0 Å². The first-order valence-corrected chi connectivity index (χ1v) is 5.36. The van der Waals surface area contributed by atoms with Crippen molar-refractivity contribution in [1.82, 2.24) is 19.7 Å². The number of benzene rings is 1. The Morgan fingerprint density at radius 1 is 1.39 bits per heavy atom. The Kier molecular flexibility index (Phi) is 2.33. The number of H-pyrrole nitrogens is 1. The summed E-state index contributed by atoms with van der Waals surface area (Å²) in [4.78, 5) is 19.0. The fourth-order valence-corrected chi connectivity index (χ4v) is 1.74. The van der Waals surface area contributed by atoms with E-state index in [4.69, 9.17) is 4.74 Å². The van der Waals surface area contributed by atoms with E-state index in [1.165, 1.54) is 4.68 Å². The Balaban J connectivity index is 2.28. The molecule has 2 heterocycles. The minimum Gasteiger partial charge on any atom is -0.497 e. The van der Waals surface area contributed by atoms with Gasteiger partial charge in [0.05, 0.1) is 18.0 Å². The van der Waals surface area contributed by atoms with Crippen LogP contribution in [0.3, 0.4) is 0 Å². The van der Waals surface area contributed by atoms with Crippen LogP contribution in [0, 0.1) is 0 Å². The highest BCUT2D eigenvalue weighted by Crippen LogP contribution is 2.16. The van der Waals surface area contributed by atoms with Crippen molar-refractivity contribution in [3.63, 3.8) is 0 Å². The Bertz CT molecular complexity index is 746. The SMILES string of the molecule is COc1ccc2c(=O)[nH]c(-n3cccn3)nc2c1. The van der Waals surface area contributed by atoms with Crippen LogP contribution in [0.4, 0.5) is 0 Å². The summed E-state index contributed by atoms with van der Waals surface area (Å²) in [6.45, 7) is 0. The average Bonchev–Trinajstić information content (AvgIpc) is 2.91. The van der Waals surface area contributed by atoms with Gasteiger partial charge in [-0.25, -0.2) is 9.67 Å². The number of hydrogen-bond donors (Lipinski definition) is 1. The van der Waals surface area contributed by atoms with E-state index in [-0.39, 0.29) is 5.56 Å². The minimum absolute atomic E-state index is 0.201. The van der Waals surface area contributed by atoms with Crippen molar-refractivity contribution in [1.29, 1.82) is 0 Å². The zero-order valence-electron chi connectivity index (χ0n) is 9.62. The van der Waals surface area contributed by atoms with E-state index in [0.717, 1.165) is 0 Å². The molecule has 0 saturated carbocycles. The molecule has 1 aromatic carbocycles. The molecule has 0 aliphatic rings. The van der Waals surface area contributed by atoms with Gasteiger partial charge in [-0.3, -0.25) is 9.78 Å². The van der Waals surface area contributed by atoms with Gasteiger partial charge >= 0.3 is 0 Å². The Hall–Kier alpha value is -2.63. The van der Waals surface area contributed by atoms with Gasteiger partial charge in [0, 0.05) is 18.5 Å². The van der Waals surface area contributed by atoms with Crippen molar-refractivity contribution >= 4 is 10.9 Å². The molecule has 0 saturated heterocycles. The molecule has 18 heavy (non-hydrogen) atoms. The number of hydrogen-bond acceptors (Lipinski definition) is 4. The first-order valence-electron chi connectivity index (χ1n) is 5.36. The van der Waals surface area contributed by atoms with Gasteiger partial charge in [-0.2, -0.15) is 5.10 Å². The number of aromatic nitrogens is 4. The molecule has 0 unspecified atom stereocenters. The second kappa shape index (κ2) is 3.99. The summed E-state index contributed by atoms with van der Waals surface area (Å²) < 4.78 is 6.62. The quantitative estimate of drug-likeness (QED) is 0.730. The molecular formula is C12H10N4O2. The highest BCUT2D eigenvalue weighted by atomic mass is 16.5. The molecule has 3 rings (SSSR count). The second-order valence-electron chi connectivity index (χ2n) is 3.72. The van der Waals surface area contributed by atoms with Crippen molar-refractivity contribution in [2.24, 2.45) is 0 Å². The van der Waals surface area contributed by atoms with Crippen LogP contribution < -0.4 is 10.3 Å². The van der Waals surface area contributed by atoms with E-state index in [1.54, 1.807) is 43.8 Å². The number of ether oxygens (including phenoxy) is 1. The first-order chi connectivity index (χ1) is 8.78. The number of aromatic amines is 1. The van der Waals surface area contributed by atoms with Crippen LogP contribution in [0.5, 0.6) is 5.75 Å². The third kappa shape index (κ3) is 1.64. The molecule has 0 atom stereocenters. The lowest BCUT2D eigenvalue weighted by Gasteiger charge is -2.04. The van der Waals surface area contributed by atoms with Gasteiger partial charge in [0.2, 0.25) is 5.95 Å². The van der Waals surface area contributed by atoms with Gasteiger partial charge in [0.15, 0.2) is 0 Å². The molecule has 2 aromatic heterocycles. The summed E-state index contributed by atoms with van der Waals surface area (Å²) in [5, 5.41) is 4.55. The predicted molar refractivity (Wildman–Crippen MR) is 66.0 cm³/mol. The van der Waals surface area contributed by atoms with Gasteiger partial charge in [0.1, 0.15) is 5.75 Å². The van der Waals surface area contributed by atoms with Gasteiger partial charge in [-0.05, 0) is 18.2 Å². The number of nitrogens with one attached hydrogen (secondary N) is 1. The smallest absolute Gasteiger partial charge is 0.260 e. The van der Waals surface area contributed by atoms with Gasteiger partial charge in [-0.1, -0.05) is 0 Å². The van der Waals surface area contributed by atoms with Crippen molar-refractivity contribution < 1.29 is 4.74 Å². The molecule has 0 aliphatic heterocycles. The molecule has 0 amide bonds. The molecule has 90 valence electrons. The third-order valence-corrected chi connectivity index (χ3v) is 2.62. The zero-order chi connectivity index (χ0) is 12.5. The summed E-state index contributed by atoms with van der Waals surface area (Å²) in [7, 11) is 1.57. The molecule has 0 radical (unpaired) electrons. The third-order valence-electron chi connectivity index (χ3n) is 2.62. The summed E-state index contributed by atoms with van der Waals surface area (Å²) in [5.74, 6) is 1.04. The molecule has 0 bridgehead atoms. The molecule has 6 heteroatoms.